The monoisotopic (exact) mass is 349 g/mol. The van der Waals surface area contributed by atoms with E-state index in [-0.39, 0.29) is 15.7 Å². The van der Waals surface area contributed by atoms with Crippen molar-refractivity contribution in [2.75, 3.05) is 5.73 Å². The van der Waals surface area contributed by atoms with Crippen LogP contribution in [0.5, 0.6) is 0 Å². The first-order chi connectivity index (χ1) is 9.29. The van der Waals surface area contributed by atoms with Gasteiger partial charge in [-0.05, 0) is 35.9 Å². The quantitative estimate of drug-likeness (QED) is 0.844. The van der Waals surface area contributed by atoms with E-state index in [0.717, 1.165) is 0 Å². The number of anilines is 1. The van der Waals surface area contributed by atoms with Crippen LogP contribution in [0.15, 0.2) is 41.3 Å². The van der Waals surface area contributed by atoms with Crippen molar-refractivity contribution >= 4 is 50.3 Å². The van der Waals surface area contributed by atoms with E-state index in [1.54, 1.807) is 12.1 Å². The van der Waals surface area contributed by atoms with E-state index in [4.69, 9.17) is 40.5 Å². The number of nitrogens with two attached hydrogens (primary N) is 1. The van der Waals surface area contributed by atoms with Crippen LogP contribution >= 0.6 is 34.8 Å². The number of hydrogen-bond donors (Lipinski definition) is 1. The Morgan fingerprint density at radius 3 is 2.20 bits per heavy atom. The summed E-state index contributed by atoms with van der Waals surface area (Å²) < 4.78 is 24.8. The largest absolute Gasteiger partial charge is 0.398 e. The molecule has 0 saturated carbocycles. The maximum absolute atomic E-state index is 12.4. The number of rotatable bonds is 3. The predicted octanol–water partition coefficient (Wildman–Crippen LogP) is 4.20. The van der Waals surface area contributed by atoms with Crippen molar-refractivity contribution in [3.8, 4) is 0 Å². The van der Waals surface area contributed by atoms with E-state index in [0.29, 0.717) is 21.3 Å². The van der Waals surface area contributed by atoms with E-state index in [9.17, 15) is 8.42 Å². The molecule has 2 aromatic carbocycles. The average Bonchev–Trinajstić information content (AvgIpc) is 2.35. The summed E-state index contributed by atoms with van der Waals surface area (Å²) in [5.74, 6) is -0.268. The maximum Gasteiger partial charge on any atom is 0.184 e. The van der Waals surface area contributed by atoms with Crippen molar-refractivity contribution in [2.45, 2.75) is 10.6 Å². The number of benzene rings is 2. The summed E-state index contributed by atoms with van der Waals surface area (Å²) in [6.45, 7) is 0. The van der Waals surface area contributed by atoms with Gasteiger partial charge in [0.05, 0.1) is 15.7 Å². The van der Waals surface area contributed by atoms with Crippen molar-refractivity contribution in [2.24, 2.45) is 0 Å². The van der Waals surface area contributed by atoms with E-state index < -0.39 is 9.84 Å². The molecular weight excluding hydrogens is 341 g/mol. The van der Waals surface area contributed by atoms with Gasteiger partial charge in [0.15, 0.2) is 9.84 Å². The second kappa shape index (κ2) is 5.82. The molecule has 7 heteroatoms. The molecule has 20 heavy (non-hydrogen) atoms. The fraction of sp³-hybridized carbons (Fsp3) is 0.0769. The summed E-state index contributed by atoms with van der Waals surface area (Å²) in [5, 5.41) is 0.878. The van der Waals surface area contributed by atoms with Crippen molar-refractivity contribution < 1.29 is 8.42 Å². The van der Waals surface area contributed by atoms with Crippen LogP contribution in [0, 0.1) is 0 Å². The van der Waals surface area contributed by atoms with E-state index in [1.807, 2.05) is 0 Å². The lowest BCUT2D eigenvalue weighted by atomic mass is 10.2. The van der Waals surface area contributed by atoms with Crippen LogP contribution in [0.1, 0.15) is 5.56 Å². The molecule has 0 atom stereocenters. The van der Waals surface area contributed by atoms with Crippen LogP contribution in [0.25, 0.3) is 0 Å². The second-order valence-corrected chi connectivity index (χ2v) is 7.42. The van der Waals surface area contributed by atoms with Gasteiger partial charge in [0.1, 0.15) is 0 Å². The zero-order valence-electron chi connectivity index (χ0n) is 10.1. The lowest BCUT2D eigenvalue weighted by molar-refractivity contribution is 0.595. The molecule has 0 aromatic heterocycles. The van der Waals surface area contributed by atoms with Crippen molar-refractivity contribution in [3.63, 3.8) is 0 Å². The minimum absolute atomic E-state index is 0.0129. The van der Waals surface area contributed by atoms with Gasteiger partial charge < -0.3 is 5.73 Å². The highest BCUT2D eigenvalue weighted by Gasteiger charge is 2.20. The number of sulfone groups is 1. The maximum atomic E-state index is 12.4. The first kappa shape index (κ1) is 15.4. The summed E-state index contributed by atoms with van der Waals surface area (Å²) >= 11 is 17.5. The Kier molecular flexibility index (Phi) is 4.49. The van der Waals surface area contributed by atoms with Crippen molar-refractivity contribution in [3.05, 3.63) is 57.0 Å². The molecule has 2 aromatic rings. The summed E-state index contributed by atoms with van der Waals surface area (Å²) in [6.07, 6.45) is 0. The molecule has 2 N–H and O–H groups in total. The number of nitrogen functional groups attached to an aromatic ring is 1. The van der Waals surface area contributed by atoms with Gasteiger partial charge in [0.25, 0.3) is 0 Å². The molecule has 0 unspecified atom stereocenters. The summed E-state index contributed by atoms with van der Waals surface area (Å²) in [4.78, 5) is -0.0129. The van der Waals surface area contributed by atoms with Crippen LogP contribution in [0.3, 0.4) is 0 Å². The zero-order chi connectivity index (χ0) is 14.9. The van der Waals surface area contributed by atoms with Gasteiger partial charge in [-0.15, -0.1) is 0 Å². The van der Waals surface area contributed by atoms with Gasteiger partial charge >= 0.3 is 0 Å². The molecule has 0 saturated heterocycles. The molecule has 0 fully saturated rings. The Labute approximate surface area is 132 Å². The lowest BCUT2D eigenvalue weighted by Crippen LogP contribution is -2.07. The molecular formula is C13H10Cl3NO2S. The zero-order valence-corrected chi connectivity index (χ0v) is 13.2. The molecule has 0 amide bonds. The fourth-order valence-electron chi connectivity index (χ4n) is 1.70. The van der Waals surface area contributed by atoms with Crippen LogP contribution in [-0.4, -0.2) is 8.42 Å². The van der Waals surface area contributed by atoms with E-state index >= 15 is 0 Å². The minimum Gasteiger partial charge on any atom is -0.398 e. The molecule has 0 aliphatic heterocycles. The first-order valence-corrected chi connectivity index (χ1v) is 8.30. The molecule has 3 nitrogen and oxygen atoms in total. The summed E-state index contributed by atoms with van der Waals surface area (Å²) in [6, 6.07) is 8.97. The fourth-order valence-corrected chi connectivity index (χ4v) is 4.08. The van der Waals surface area contributed by atoms with Crippen molar-refractivity contribution in [1.82, 2.24) is 0 Å². The van der Waals surface area contributed by atoms with E-state index in [2.05, 4.69) is 0 Å². The van der Waals surface area contributed by atoms with Gasteiger partial charge in [0, 0.05) is 15.7 Å². The minimum atomic E-state index is -3.64. The van der Waals surface area contributed by atoms with E-state index in [1.165, 1.54) is 24.3 Å². The summed E-state index contributed by atoms with van der Waals surface area (Å²) in [5.41, 5.74) is 6.55. The highest BCUT2D eigenvalue weighted by atomic mass is 35.5. The first-order valence-electron chi connectivity index (χ1n) is 5.51. The SMILES string of the molecule is Nc1cc(Cl)ccc1CS(=O)(=O)c1cc(Cl)ccc1Cl. The second-order valence-electron chi connectivity index (χ2n) is 4.18. The Morgan fingerprint density at radius 2 is 1.55 bits per heavy atom. The van der Waals surface area contributed by atoms with Crippen LogP contribution in [-0.2, 0) is 15.6 Å². The third kappa shape index (κ3) is 3.38. The van der Waals surface area contributed by atoms with Gasteiger partial charge in [0.2, 0.25) is 0 Å². The molecule has 0 heterocycles. The molecule has 106 valence electrons. The molecule has 0 spiro atoms. The van der Waals surface area contributed by atoms with Gasteiger partial charge in [-0.25, -0.2) is 8.42 Å². The number of halogens is 3. The Morgan fingerprint density at radius 1 is 0.950 bits per heavy atom. The number of hydrogen-bond acceptors (Lipinski definition) is 3. The highest BCUT2D eigenvalue weighted by Crippen LogP contribution is 2.29. The molecule has 0 bridgehead atoms. The molecule has 2 rings (SSSR count). The van der Waals surface area contributed by atoms with Crippen LogP contribution in [0.2, 0.25) is 15.1 Å². The molecule has 0 aliphatic rings. The predicted molar refractivity (Wildman–Crippen MR) is 83.2 cm³/mol. The normalized spacial score (nSPS) is 11.6. The van der Waals surface area contributed by atoms with Gasteiger partial charge in [-0.2, -0.15) is 0 Å². The van der Waals surface area contributed by atoms with Crippen LogP contribution in [0.4, 0.5) is 5.69 Å². The Balaban J connectivity index is 2.43. The topological polar surface area (TPSA) is 60.2 Å². The van der Waals surface area contributed by atoms with Gasteiger partial charge in [-0.3, -0.25) is 0 Å². The molecule has 0 aliphatic carbocycles. The van der Waals surface area contributed by atoms with Crippen molar-refractivity contribution in [1.29, 1.82) is 0 Å². The Bertz CT molecular complexity index is 760. The smallest absolute Gasteiger partial charge is 0.184 e. The third-order valence-electron chi connectivity index (χ3n) is 2.68. The standard InChI is InChI=1S/C13H10Cl3NO2S/c14-9-2-1-8(12(17)5-9)7-20(18,19)13-6-10(15)3-4-11(13)16/h1-6H,7,17H2. The van der Waals surface area contributed by atoms with Gasteiger partial charge in [-0.1, -0.05) is 40.9 Å². The lowest BCUT2D eigenvalue weighted by Gasteiger charge is -2.09. The summed E-state index contributed by atoms with van der Waals surface area (Å²) in [7, 11) is -3.64. The molecule has 0 radical (unpaired) electrons. The average molecular weight is 351 g/mol. The Hall–Kier alpha value is -0.940. The third-order valence-corrected chi connectivity index (χ3v) is 5.29. The van der Waals surface area contributed by atoms with Crippen LogP contribution < -0.4 is 5.73 Å². The highest BCUT2D eigenvalue weighted by molar-refractivity contribution is 7.90.